The third-order valence-corrected chi connectivity index (χ3v) is 4.78. The van der Waals surface area contributed by atoms with Crippen LogP contribution in [-0.4, -0.2) is 45.7 Å². The van der Waals surface area contributed by atoms with Crippen LogP contribution < -0.4 is 0 Å². The minimum absolute atomic E-state index is 0.0469. The lowest BCUT2D eigenvalue weighted by molar-refractivity contribution is -0.147. The summed E-state index contributed by atoms with van der Waals surface area (Å²) in [4.78, 5) is 19.1. The predicted octanol–water partition coefficient (Wildman–Crippen LogP) is 1.91. The molecule has 7 heteroatoms. The first kappa shape index (κ1) is 15.9. The van der Waals surface area contributed by atoms with E-state index in [0.29, 0.717) is 38.4 Å². The monoisotopic (exact) mass is 317 g/mol. The number of hydrogen-bond acceptors (Lipinski definition) is 5. The Kier molecular flexibility index (Phi) is 4.35. The smallest absolute Gasteiger partial charge is 0.243 e. The molecule has 7 nitrogen and oxygen atoms in total. The molecule has 3 rings (SSSR count). The average molecular weight is 317 g/mol. The first-order valence-corrected chi connectivity index (χ1v) is 8.30. The molecule has 1 aromatic heterocycles. The van der Waals surface area contributed by atoms with Gasteiger partial charge < -0.3 is 9.64 Å². The van der Waals surface area contributed by atoms with Crippen molar-refractivity contribution in [2.24, 2.45) is 5.41 Å². The van der Waals surface area contributed by atoms with E-state index in [2.05, 4.69) is 21.3 Å². The van der Waals surface area contributed by atoms with Crippen LogP contribution in [-0.2, 0) is 9.53 Å². The van der Waals surface area contributed by atoms with E-state index in [-0.39, 0.29) is 17.9 Å². The van der Waals surface area contributed by atoms with Crippen LogP contribution >= 0.6 is 0 Å². The number of rotatable bonds is 3. The number of H-pyrrole nitrogens is 1. The van der Waals surface area contributed by atoms with Crippen molar-refractivity contribution in [2.45, 2.75) is 51.6 Å². The van der Waals surface area contributed by atoms with Crippen LogP contribution in [0.2, 0.25) is 0 Å². The summed E-state index contributed by atoms with van der Waals surface area (Å²) in [5, 5.41) is 16.6. The second kappa shape index (κ2) is 6.28. The summed E-state index contributed by atoms with van der Waals surface area (Å²) < 4.78 is 5.76. The number of hydrogen-bond donors (Lipinski definition) is 1. The highest BCUT2D eigenvalue weighted by Crippen LogP contribution is 2.39. The van der Waals surface area contributed by atoms with E-state index in [9.17, 15) is 10.1 Å². The topological polar surface area (TPSA) is 94.9 Å². The van der Waals surface area contributed by atoms with E-state index >= 15 is 0 Å². The van der Waals surface area contributed by atoms with Gasteiger partial charge in [0.2, 0.25) is 5.91 Å². The Labute approximate surface area is 136 Å². The van der Waals surface area contributed by atoms with Crippen LogP contribution in [0.4, 0.5) is 0 Å². The molecule has 1 aliphatic carbocycles. The molecule has 0 bridgehead atoms. The maximum Gasteiger partial charge on any atom is 0.243 e. The zero-order chi connectivity index (χ0) is 16.4. The molecule has 2 aliphatic rings. The van der Waals surface area contributed by atoms with E-state index in [0.717, 1.165) is 18.7 Å². The van der Waals surface area contributed by atoms with E-state index in [1.165, 1.54) is 0 Å². The van der Waals surface area contributed by atoms with Gasteiger partial charge in [0.25, 0.3) is 0 Å². The number of amides is 1. The second-order valence-electron chi connectivity index (χ2n) is 6.75. The lowest BCUT2D eigenvalue weighted by Crippen LogP contribution is -2.48. The standard InChI is InChI=1S/C16H23N5O2/c1-11(2)13-18-14(20-19-13)12-9-21(7-8-23-12)15(22)16(10-17)5-3-4-6-16/h11-12H,3-9H2,1-2H3,(H,18,19,20)/t12-/m0/s1. The van der Waals surface area contributed by atoms with Crippen molar-refractivity contribution in [1.29, 1.82) is 5.26 Å². The number of nitrogens with zero attached hydrogens (tertiary/aromatic N) is 4. The summed E-state index contributed by atoms with van der Waals surface area (Å²) in [6, 6.07) is 2.28. The molecule has 0 aromatic carbocycles. The van der Waals surface area contributed by atoms with Crippen LogP contribution in [0, 0.1) is 16.7 Å². The number of carbonyl (C=O) groups excluding carboxylic acids is 1. The fourth-order valence-corrected chi connectivity index (χ4v) is 3.34. The van der Waals surface area contributed by atoms with Crippen molar-refractivity contribution in [3.8, 4) is 6.07 Å². The van der Waals surface area contributed by atoms with Gasteiger partial charge in [0, 0.05) is 12.5 Å². The van der Waals surface area contributed by atoms with Gasteiger partial charge >= 0.3 is 0 Å². The highest BCUT2D eigenvalue weighted by molar-refractivity contribution is 5.86. The number of nitriles is 1. The van der Waals surface area contributed by atoms with Gasteiger partial charge in [-0.15, -0.1) is 0 Å². The molecule has 1 amide bonds. The second-order valence-corrected chi connectivity index (χ2v) is 6.75. The van der Waals surface area contributed by atoms with Gasteiger partial charge in [-0.25, -0.2) is 4.98 Å². The summed E-state index contributed by atoms with van der Waals surface area (Å²) in [7, 11) is 0. The fraction of sp³-hybridized carbons (Fsp3) is 0.750. The number of carbonyl (C=O) groups is 1. The quantitative estimate of drug-likeness (QED) is 0.919. The molecule has 2 heterocycles. The van der Waals surface area contributed by atoms with Crippen molar-refractivity contribution >= 4 is 5.91 Å². The Morgan fingerprint density at radius 1 is 1.48 bits per heavy atom. The van der Waals surface area contributed by atoms with Gasteiger partial charge in [0.1, 0.15) is 11.5 Å². The van der Waals surface area contributed by atoms with Gasteiger partial charge in [0.15, 0.2) is 11.6 Å². The third kappa shape index (κ3) is 2.95. The number of nitrogens with one attached hydrogen (secondary N) is 1. The normalized spacial score (nSPS) is 23.9. The summed E-state index contributed by atoms with van der Waals surface area (Å²) >= 11 is 0. The number of aromatic amines is 1. The summed E-state index contributed by atoms with van der Waals surface area (Å²) in [6.07, 6.45) is 2.94. The maximum atomic E-state index is 12.8. The third-order valence-electron chi connectivity index (χ3n) is 4.78. The van der Waals surface area contributed by atoms with Gasteiger partial charge in [-0.1, -0.05) is 26.7 Å². The maximum absolute atomic E-state index is 12.8. The molecule has 23 heavy (non-hydrogen) atoms. The van der Waals surface area contributed by atoms with Crippen LogP contribution in [0.1, 0.15) is 63.2 Å². The minimum atomic E-state index is -0.827. The van der Waals surface area contributed by atoms with Crippen molar-refractivity contribution in [1.82, 2.24) is 20.1 Å². The Morgan fingerprint density at radius 3 is 2.83 bits per heavy atom. The Hall–Kier alpha value is -1.94. The van der Waals surface area contributed by atoms with Gasteiger partial charge in [-0.3, -0.25) is 9.89 Å². The minimum Gasteiger partial charge on any atom is -0.367 e. The lowest BCUT2D eigenvalue weighted by atomic mass is 9.86. The van der Waals surface area contributed by atoms with E-state index in [1.807, 2.05) is 13.8 Å². The summed E-state index contributed by atoms with van der Waals surface area (Å²) in [5.74, 6) is 1.59. The first-order valence-electron chi connectivity index (χ1n) is 8.30. The molecule has 1 atom stereocenters. The number of ether oxygens (including phenoxy) is 1. The highest BCUT2D eigenvalue weighted by Gasteiger charge is 2.45. The largest absolute Gasteiger partial charge is 0.367 e. The van der Waals surface area contributed by atoms with Gasteiger partial charge in [-0.05, 0) is 12.8 Å². The van der Waals surface area contributed by atoms with Crippen molar-refractivity contribution < 1.29 is 9.53 Å². The Morgan fingerprint density at radius 2 is 2.22 bits per heavy atom. The average Bonchev–Trinajstić information content (AvgIpc) is 3.24. The zero-order valence-corrected chi connectivity index (χ0v) is 13.7. The molecule has 0 unspecified atom stereocenters. The molecular formula is C16H23N5O2. The fourth-order valence-electron chi connectivity index (χ4n) is 3.34. The van der Waals surface area contributed by atoms with Crippen molar-refractivity contribution in [2.75, 3.05) is 19.7 Å². The SMILES string of the molecule is CC(C)c1n[nH]c([C@@H]2CN(C(=O)C3(C#N)CCCC3)CCO2)n1. The van der Waals surface area contributed by atoms with Crippen LogP contribution in [0.25, 0.3) is 0 Å². The lowest BCUT2D eigenvalue weighted by Gasteiger charge is -2.35. The van der Waals surface area contributed by atoms with E-state index < -0.39 is 5.41 Å². The zero-order valence-electron chi connectivity index (χ0n) is 13.7. The molecule has 1 saturated carbocycles. The van der Waals surface area contributed by atoms with Crippen molar-refractivity contribution in [3.05, 3.63) is 11.6 Å². The first-order chi connectivity index (χ1) is 11.1. The number of aromatic nitrogens is 3. The summed E-state index contributed by atoms with van der Waals surface area (Å²) in [6.45, 7) is 5.47. The molecule has 124 valence electrons. The molecule has 2 fully saturated rings. The molecular weight excluding hydrogens is 294 g/mol. The molecule has 0 spiro atoms. The molecule has 1 aromatic rings. The number of morpholine rings is 1. The van der Waals surface area contributed by atoms with E-state index in [4.69, 9.17) is 4.74 Å². The molecule has 1 N–H and O–H groups in total. The molecule has 1 saturated heterocycles. The summed E-state index contributed by atoms with van der Waals surface area (Å²) in [5.41, 5.74) is -0.827. The van der Waals surface area contributed by atoms with Gasteiger partial charge in [0.05, 0.1) is 19.2 Å². The van der Waals surface area contributed by atoms with E-state index in [1.54, 1.807) is 4.90 Å². The van der Waals surface area contributed by atoms with Gasteiger partial charge in [-0.2, -0.15) is 10.4 Å². The van der Waals surface area contributed by atoms with Crippen molar-refractivity contribution in [3.63, 3.8) is 0 Å². The Balaban J connectivity index is 1.73. The van der Waals surface area contributed by atoms with Crippen LogP contribution in [0.3, 0.4) is 0 Å². The van der Waals surface area contributed by atoms with Crippen LogP contribution in [0.15, 0.2) is 0 Å². The van der Waals surface area contributed by atoms with Crippen LogP contribution in [0.5, 0.6) is 0 Å². The highest BCUT2D eigenvalue weighted by atomic mass is 16.5. The molecule has 0 radical (unpaired) electrons. The molecule has 1 aliphatic heterocycles. The Bertz CT molecular complexity index is 612. The predicted molar refractivity (Wildman–Crippen MR) is 82.3 cm³/mol.